The summed E-state index contributed by atoms with van der Waals surface area (Å²) < 4.78 is 29.5. The van der Waals surface area contributed by atoms with Crippen molar-refractivity contribution < 1.29 is 28.8 Å². The van der Waals surface area contributed by atoms with E-state index in [2.05, 4.69) is 29.7 Å². The van der Waals surface area contributed by atoms with Crippen LogP contribution < -0.4 is 9.47 Å². The second kappa shape index (κ2) is 8.19. The fraction of sp³-hybridized carbons (Fsp3) is 0.471. The highest BCUT2D eigenvalue weighted by molar-refractivity contribution is 5.76. The molecule has 1 saturated heterocycles. The molecule has 0 saturated carbocycles. The molecule has 11 nitrogen and oxygen atoms in total. The van der Waals surface area contributed by atoms with E-state index in [1.807, 2.05) is 0 Å². The maximum Gasteiger partial charge on any atom is 0.318 e. The van der Waals surface area contributed by atoms with E-state index in [1.54, 1.807) is 11.5 Å². The zero-order valence-corrected chi connectivity index (χ0v) is 15.4. The van der Waals surface area contributed by atoms with Gasteiger partial charge in [0.2, 0.25) is 12.7 Å². The molecule has 4 atom stereocenters. The number of aromatic nitrogens is 6. The quantitative estimate of drug-likeness (QED) is 0.559. The Bertz CT molecular complexity index is 971. The molecular formula is C17H19FN6O5. The lowest BCUT2D eigenvalue weighted by atomic mass is 10.1. The largest absolute Gasteiger partial charge is 0.476 e. The number of fused-ring (bicyclic) bond motifs is 1. The smallest absolute Gasteiger partial charge is 0.318 e. The molecule has 0 spiro atoms. The van der Waals surface area contributed by atoms with Crippen LogP contribution in [0.4, 0.5) is 4.39 Å². The van der Waals surface area contributed by atoms with E-state index in [4.69, 9.17) is 9.47 Å². The number of hydrogen-bond donors (Lipinski definition) is 2. The molecule has 4 rings (SSSR count). The molecule has 0 amide bonds. The number of hydrogen-bond acceptors (Lipinski definition) is 10. The topological polar surface area (TPSA) is 138 Å². The van der Waals surface area contributed by atoms with E-state index in [0.717, 1.165) is 5.56 Å². The molecule has 1 fully saturated rings. The Hall–Kier alpha value is -2.96. The van der Waals surface area contributed by atoms with Crippen molar-refractivity contribution in [3.63, 3.8) is 0 Å². The summed E-state index contributed by atoms with van der Waals surface area (Å²) in [5.74, 6) is 0.271. The second-order valence-corrected chi connectivity index (χ2v) is 6.44. The first-order valence-electron chi connectivity index (χ1n) is 8.90. The lowest BCUT2D eigenvalue weighted by Crippen LogP contribution is -2.30. The molecule has 1 aliphatic heterocycles. The number of nitrogens with zero attached hydrogens (tertiary/aromatic N) is 6. The molecule has 1 aliphatic rings. The van der Waals surface area contributed by atoms with E-state index in [0.29, 0.717) is 17.6 Å². The highest BCUT2D eigenvalue weighted by Crippen LogP contribution is 2.32. The Balaban J connectivity index is 1.45. The van der Waals surface area contributed by atoms with Gasteiger partial charge in [-0.05, 0) is 12.5 Å². The summed E-state index contributed by atoms with van der Waals surface area (Å²) in [4.78, 5) is 20.3. The van der Waals surface area contributed by atoms with Crippen molar-refractivity contribution in [1.29, 1.82) is 0 Å². The summed E-state index contributed by atoms with van der Waals surface area (Å²) >= 11 is 0. The average Bonchev–Trinajstić information content (AvgIpc) is 3.26. The van der Waals surface area contributed by atoms with Crippen LogP contribution in [-0.4, -0.2) is 71.5 Å². The molecule has 4 heterocycles. The predicted octanol–water partition coefficient (Wildman–Crippen LogP) is 0.183. The SMILES string of the molecule is C[C@H]1O[C@@H](n2cnc3c(OCCc4cnc(OCF)nc4)ncnc32)[C@H](O)[C@@H]1O. The lowest BCUT2D eigenvalue weighted by Gasteiger charge is -2.16. The van der Waals surface area contributed by atoms with Gasteiger partial charge in [0.1, 0.15) is 18.5 Å². The lowest BCUT2D eigenvalue weighted by molar-refractivity contribution is -0.0299. The van der Waals surface area contributed by atoms with Gasteiger partial charge in [-0.25, -0.2) is 24.3 Å². The van der Waals surface area contributed by atoms with Gasteiger partial charge in [-0.2, -0.15) is 4.98 Å². The molecule has 29 heavy (non-hydrogen) atoms. The first-order chi connectivity index (χ1) is 14.1. The Morgan fingerprint density at radius 2 is 1.90 bits per heavy atom. The normalized spacial score (nSPS) is 24.1. The van der Waals surface area contributed by atoms with Crippen LogP contribution in [0.3, 0.4) is 0 Å². The van der Waals surface area contributed by atoms with E-state index >= 15 is 0 Å². The fourth-order valence-corrected chi connectivity index (χ4v) is 3.04. The molecular weight excluding hydrogens is 387 g/mol. The zero-order chi connectivity index (χ0) is 20.4. The number of rotatable bonds is 7. The van der Waals surface area contributed by atoms with Crippen molar-refractivity contribution in [2.45, 2.75) is 37.9 Å². The first kappa shape index (κ1) is 19.4. The predicted molar refractivity (Wildman–Crippen MR) is 94.8 cm³/mol. The van der Waals surface area contributed by atoms with Gasteiger partial charge in [0.05, 0.1) is 19.0 Å². The van der Waals surface area contributed by atoms with Crippen LogP contribution in [0.25, 0.3) is 11.2 Å². The summed E-state index contributed by atoms with van der Waals surface area (Å²) in [5, 5.41) is 20.1. The molecule has 3 aromatic rings. The molecule has 0 radical (unpaired) electrons. The van der Waals surface area contributed by atoms with E-state index < -0.39 is 31.4 Å². The van der Waals surface area contributed by atoms with Crippen LogP contribution in [0.1, 0.15) is 18.7 Å². The van der Waals surface area contributed by atoms with Crippen LogP contribution >= 0.6 is 0 Å². The minimum atomic E-state index is -1.11. The van der Waals surface area contributed by atoms with Crippen molar-refractivity contribution in [3.8, 4) is 11.9 Å². The zero-order valence-electron chi connectivity index (χ0n) is 15.4. The molecule has 0 aromatic carbocycles. The summed E-state index contributed by atoms with van der Waals surface area (Å²) in [6.45, 7) is 0.958. The van der Waals surface area contributed by atoms with Gasteiger partial charge in [0.15, 0.2) is 17.4 Å². The van der Waals surface area contributed by atoms with Crippen LogP contribution in [-0.2, 0) is 11.2 Å². The number of alkyl halides is 1. The van der Waals surface area contributed by atoms with Crippen molar-refractivity contribution >= 4 is 11.2 Å². The number of ether oxygens (including phenoxy) is 3. The number of imidazole rings is 1. The molecule has 154 valence electrons. The van der Waals surface area contributed by atoms with Crippen LogP contribution in [0, 0.1) is 0 Å². The third-order valence-corrected chi connectivity index (χ3v) is 4.57. The summed E-state index contributed by atoms with van der Waals surface area (Å²) in [6, 6.07) is -0.0315. The first-order valence-corrected chi connectivity index (χ1v) is 8.90. The fourth-order valence-electron chi connectivity index (χ4n) is 3.04. The number of aliphatic hydroxyl groups is 2. The van der Waals surface area contributed by atoms with E-state index in [-0.39, 0.29) is 18.5 Å². The third kappa shape index (κ3) is 3.81. The van der Waals surface area contributed by atoms with Gasteiger partial charge in [0, 0.05) is 18.8 Å². The van der Waals surface area contributed by atoms with E-state index in [9.17, 15) is 14.6 Å². The number of halogens is 1. The summed E-state index contributed by atoms with van der Waals surface area (Å²) in [7, 11) is 0. The highest BCUT2D eigenvalue weighted by atomic mass is 19.1. The molecule has 3 aromatic heterocycles. The number of aliphatic hydroxyl groups excluding tert-OH is 2. The Morgan fingerprint density at radius 3 is 2.59 bits per heavy atom. The van der Waals surface area contributed by atoms with Gasteiger partial charge in [-0.3, -0.25) is 4.57 Å². The maximum absolute atomic E-state index is 12.1. The van der Waals surface area contributed by atoms with Gasteiger partial charge in [0.25, 0.3) is 0 Å². The minimum Gasteiger partial charge on any atom is -0.476 e. The van der Waals surface area contributed by atoms with Crippen molar-refractivity contribution in [2.24, 2.45) is 0 Å². The van der Waals surface area contributed by atoms with Crippen molar-refractivity contribution in [2.75, 3.05) is 13.5 Å². The molecule has 0 unspecified atom stereocenters. The van der Waals surface area contributed by atoms with Crippen molar-refractivity contribution in [3.05, 3.63) is 30.6 Å². The molecule has 12 heteroatoms. The monoisotopic (exact) mass is 406 g/mol. The Morgan fingerprint density at radius 1 is 1.10 bits per heavy atom. The standard InChI is InChI=1S/C17H19FN6O5/c1-9-12(25)13(26)16(29-9)24-8-23-11-14(24)21-7-22-15(11)27-3-2-10-4-19-17(20-5-10)28-6-18/h4-5,7-9,12-13,16,25-26H,2-3,6H2,1H3/t9-,12-,13-,16-/m1/s1. The molecule has 0 aliphatic carbocycles. The second-order valence-electron chi connectivity index (χ2n) is 6.44. The third-order valence-electron chi connectivity index (χ3n) is 4.57. The van der Waals surface area contributed by atoms with Gasteiger partial charge < -0.3 is 24.4 Å². The Labute approximate surface area is 164 Å². The van der Waals surface area contributed by atoms with Crippen LogP contribution in [0.5, 0.6) is 11.9 Å². The van der Waals surface area contributed by atoms with Crippen molar-refractivity contribution in [1.82, 2.24) is 29.5 Å². The summed E-state index contributed by atoms with van der Waals surface area (Å²) in [6.07, 6.45) is 2.88. The summed E-state index contributed by atoms with van der Waals surface area (Å²) in [5.41, 5.74) is 1.59. The van der Waals surface area contributed by atoms with Crippen LogP contribution in [0.2, 0.25) is 0 Å². The van der Waals surface area contributed by atoms with Crippen LogP contribution in [0.15, 0.2) is 25.0 Å². The highest BCUT2D eigenvalue weighted by Gasteiger charge is 2.42. The maximum atomic E-state index is 12.1. The van der Waals surface area contributed by atoms with Gasteiger partial charge in [-0.15, -0.1) is 0 Å². The van der Waals surface area contributed by atoms with Gasteiger partial charge >= 0.3 is 6.01 Å². The van der Waals surface area contributed by atoms with E-state index in [1.165, 1.54) is 25.0 Å². The molecule has 2 N–H and O–H groups in total. The van der Waals surface area contributed by atoms with Gasteiger partial charge in [-0.1, -0.05) is 0 Å². The molecule has 0 bridgehead atoms. The minimum absolute atomic E-state index is 0.0315. The average molecular weight is 406 g/mol. The Kier molecular flexibility index (Phi) is 5.47.